The summed E-state index contributed by atoms with van der Waals surface area (Å²) < 4.78 is 15.8. The number of nitrogens with zero attached hydrogens (tertiary/aromatic N) is 1. The van der Waals surface area contributed by atoms with Crippen molar-refractivity contribution in [3.63, 3.8) is 0 Å². The van der Waals surface area contributed by atoms with E-state index in [0.29, 0.717) is 28.8 Å². The maximum atomic E-state index is 12.2. The highest BCUT2D eigenvalue weighted by molar-refractivity contribution is 7.13. The average molecular weight is 464 g/mol. The number of carbonyl (C=O) groups excluding carboxylic acids is 2. The Morgan fingerprint density at radius 1 is 1.12 bits per heavy atom. The van der Waals surface area contributed by atoms with Crippen LogP contribution >= 0.6 is 11.3 Å². The van der Waals surface area contributed by atoms with E-state index in [2.05, 4.69) is 10.3 Å². The van der Waals surface area contributed by atoms with Gasteiger partial charge < -0.3 is 13.9 Å². The normalized spacial score (nSPS) is 10.7. The van der Waals surface area contributed by atoms with Gasteiger partial charge in [-0.25, -0.2) is 9.78 Å². The zero-order chi connectivity index (χ0) is 23.2. The summed E-state index contributed by atoms with van der Waals surface area (Å²) >= 11 is 1.21. The maximum Gasteiger partial charge on any atom is 0.336 e. The Balaban J connectivity index is 1.41. The lowest BCUT2D eigenvalue weighted by molar-refractivity contribution is -0.142. The van der Waals surface area contributed by atoms with Crippen LogP contribution < -0.4 is 15.7 Å². The molecule has 1 N–H and O–H groups in total. The minimum atomic E-state index is -0.473. The van der Waals surface area contributed by atoms with Crippen molar-refractivity contribution < 1.29 is 23.5 Å². The number of carbonyl (C=O) groups is 2. The van der Waals surface area contributed by atoms with Crippen LogP contribution in [0.5, 0.6) is 5.75 Å². The molecule has 0 saturated heterocycles. The van der Waals surface area contributed by atoms with E-state index < -0.39 is 11.5 Å². The number of nitrogens with one attached hydrogen (secondary N) is 1. The summed E-state index contributed by atoms with van der Waals surface area (Å²) in [6.45, 7) is 1.77. The van der Waals surface area contributed by atoms with Crippen LogP contribution in [-0.2, 0) is 20.7 Å². The molecule has 0 atom stereocenters. The van der Waals surface area contributed by atoms with Crippen LogP contribution in [0.3, 0.4) is 0 Å². The SMILES string of the molecule is CCOC(=O)Cc1csc(NC(=O)COc2ccc3c(-c4ccccc4)cc(=O)oc3c2)n1. The first-order valence-corrected chi connectivity index (χ1v) is 11.1. The van der Waals surface area contributed by atoms with E-state index in [0.717, 1.165) is 16.5 Å². The molecule has 0 aliphatic rings. The Morgan fingerprint density at radius 3 is 2.73 bits per heavy atom. The van der Waals surface area contributed by atoms with Gasteiger partial charge in [-0.1, -0.05) is 30.3 Å². The van der Waals surface area contributed by atoms with Crippen LogP contribution in [-0.4, -0.2) is 30.1 Å². The molecule has 0 saturated carbocycles. The molecular formula is C24H20N2O6S. The van der Waals surface area contributed by atoms with Gasteiger partial charge in [0.05, 0.1) is 18.7 Å². The smallest absolute Gasteiger partial charge is 0.336 e. The predicted molar refractivity (Wildman–Crippen MR) is 124 cm³/mol. The van der Waals surface area contributed by atoms with Crippen molar-refractivity contribution in [2.75, 3.05) is 18.5 Å². The number of thiazole rings is 1. The van der Waals surface area contributed by atoms with Gasteiger partial charge in [-0.3, -0.25) is 14.9 Å². The number of benzene rings is 2. The summed E-state index contributed by atoms with van der Waals surface area (Å²) in [5, 5.41) is 5.44. The van der Waals surface area contributed by atoms with Crippen LogP contribution in [0.15, 0.2) is 69.2 Å². The molecule has 0 aliphatic carbocycles. The molecule has 1 amide bonds. The van der Waals surface area contributed by atoms with Gasteiger partial charge in [0.2, 0.25) is 0 Å². The standard InChI is InChI=1S/C24H20N2O6S/c1-2-30-22(28)10-16-14-33-24(25-16)26-21(27)13-31-17-8-9-18-19(15-6-4-3-5-7-15)12-23(29)32-20(18)11-17/h3-9,11-12,14H,2,10,13H2,1H3,(H,25,26,27). The van der Waals surface area contributed by atoms with Crippen LogP contribution in [0, 0.1) is 0 Å². The molecule has 0 bridgehead atoms. The summed E-state index contributed by atoms with van der Waals surface area (Å²) in [6.07, 6.45) is 0.0456. The van der Waals surface area contributed by atoms with Gasteiger partial charge in [0.15, 0.2) is 11.7 Å². The minimum absolute atomic E-state index is 0.0456. The van der Waals surface area contributed by atoms with Crippen LogP contribution in [0.2, 0.25) is 0 Å². The quantitative estimate of drug-likeness (QED) is 0.310. The zero-order valence-corrected chi connectivity index (χ0v) is 18.5. The Hall–Kier alpha value is -3.98. The molecule has 2 aromatic heterocycles. The fourth-order valence-electron chi connectivity index (χ4n) is 3.20. The summed E-state index contributed by atoms with van der Waals surface area (Å²) in [4.78, 5) is 40.0. The Bertz CT molecular complexity index is 1350. The molecule has 0 unspecified atom stereocenters. The molecule has 168 valence electrons. The molecular weight excluding hydrogens is 444 g/mol. The molecule has 2 aromatic carbocycles. The molecule has 4 rings (SSSR count). The highest BCUT2D eigenvalue weighted by Crippen LogP contribution is 2.29. The number of fused-ring (bicyclic) bond motifs is 1. The van der Waals surface area contributed by atoms with Crippen molar-refractivity contribution in [2.45, 2.75) is 13.3 Å². The van der Waals surface area contributed by atoms with Crippen LogP contribution in [0.4, 0.5) is 5.13 Å². The van der Waals surface area contributed by atoms with Gasteiger partial charge in [0.25, 0.3) is 5.91 Å². The van der Waals surface area contributed by atoms with Crippen molar-refractivity contribution >= 4 is 39.3 Å². The van der Waals surface area contributed by atoms with Crippen molar-refractivity contribution in [1.82, 2.24) is 4.98 Å². The van der Waals surface area contributed by atoms with E-state index in [1.165, 1.54) is 17.4 Å². The van der Waals surface area contributed by atoms with Crippen molar-refractivity contribution in [2.24, 2.45) is 0 Å². The maximum absolute atomic E-state index is 12.2. The number of ether oxygens (including phenoxy) is 2. The third-order valence-corrected chi connectivity index (χ3v) is 5.41. The molecule has 4 aromatic rings. The van der Waals surface area contributed by atoms with E-state index in [-0.39, 0.29) is 19.0 Å². The van der Waals surface area contributed by atoms with E-state index in [9.17, 15) is 14.4 Å². The Kier molecular flexibility index (Phi) is 6.80. The Labute approximate surface area is 192 Å². The second-order valence-corrected chi connectivity index (χ2v) is 7.82. The first kappa shape index (κ1) is 22.2. The molecule has 0 aliphatic heterocycles. The lowest BCUT2D eigenvalue weighted by Crippen LogP contribution is -2.20. The van der Waals surface area contributed by atoms with Gasteiger partial charge in [-0.15, -0.1) is 11.3 Å². The number of hydrogen-bond acceptors (Lipinski definition) is 8. The number of anilines is 1. The molecule has 2 heterocycles. The zero-order valence-electron chi connectivity index (χ0n) is 17.7. The second-order valence-electron chi connectivity index (χ2n) is 6.97. The first-order valence-electron chi connectivity index (χ1n) is 10.2. The molecule has 0 fully saturated rings. The van der Waals surface area contributed by atoms with Crippen LogP contribution in [0.1, 0.15) is 12.6 Å². The van der Waals surface area contributed by atoms with Gasteiger partial charge >= 0.3 is 11.6 Å². The summed E-state index contributed by atoms with van der Waals surface area (Å²) in [5.74, 6) is -0.401. The number of amides is 1. The Morgan fingerprint density at radius 2 is 1.94 bits per heavy atom. The number of hydrogen-bond donors (Lipinski definition) is 1. The molecule has 33 heavy (non-hydrogen) atoms. The van der Waals surface area contributed by atoms with Crippen molar-refractivity contribution in [3.8, 4) is 16.9 Å². The third-order valence-electron chi connectivity index (χ3n) is 4.60. The van der Waals surface area contributed by atoms with E-state index in [1.807, 2.05) is 30.3 Å². The third kappa shape index (κ3) is 5.64. The minimum Gasteiger partial charge on any atom is -0.484 e. The topological polar surface area (TPSA) is 108 Å². The number of esters is 1. The lowest BCUT2D eigenvalue weighted by Gasteiger charge is -2.09. The van der Waals surface area contributed by atoms with E-state index in [4.69, 9.17) is 13.9 Å². The summed E-state index contributed by atoms with van der Waals surface area (Å²) in [5.41, 5.74) is 2.07. The largest absolute Gasteiger partial charge is 0.484 e. The van der Waals surface area contributed by atoms with Crippen molar-refractivity contribution in [1.29, 1.82) is 0 Å². The fraction of sp³-hybridized carbons (Fsp3) is 0.167. The summed E-state index contributed by atoms with van der Waals surface area (Å²) in [6, 6.07) is 16.1. The molecule has 0 spiro atoms. The van der Waals surface area contributed by atoms with Gasteiger partial charge in [0.1, 0.15) is 11.3 Å². The monoisotopic (exact) mass is 464 g/mol. The highest BCUT2D eigenvalue weighted by atomic mass is 32.1. The average Bonchev–Trinajstić information content (AvgIpc) is 3.24. The molecule has 0 radical (unpaired) electrons. The summed E-state index contributed by atoms with van der Waals surface area (Å²) in [7, 11) is 0. The van der Waals surface area contributed by atoms with Crippen molar-refractivity contribution in [3.05, 3.63) is 76.1 Å². The lowest BCUT2D eigenvalue weighted by atomic mass is 10.0. The number of rotatable bonds is 8. The highest BCUT2D eigenvalue weighted by Gasteiger charge is 2.12. The van der Waals surface area contributed by atoms with Gasteiger partial charge in [-0.2, -0.15) is 0 Å². The van der Waals surface area contributed by atoms with Gasteiger partial charge in [0, 0.05) is 22.9 Å². The first-order chi connectivity index (χ1) is 16.0. The second kappa shape index (κ2) is 10.1. The van der Waals surface area contributed by atoms with E-state index >= 15 is 0 Å². The van der Waals surface area contributed by atoms with E-state index in [1.54, 1.807) is 30.5 Å². The fourth-order valence-corrected chi connectivity index (χ4v) is 3.93. The molecule has 8 nitrogen and oxygen atoms in total. The number of aromatic nitrogens is 1. The van der Waals surface area contributed by atoms with Gasteiger partial charge in [-0.05, 0) is 30.2 Å². The van der Waals surface area contributed by atoms with Crippen LogP contribution in [0.25, 0.3) is 22.1 Å². The molecule has 9 heteroatoms. The predicted octanol–water partition coefficient (Wildman–Crippen LogP) is 4.04.